The highest BCUT2D eigenvalue weighted by Gasteiger charge is 2.38. The second-order valence-electron chi connectivity index (χ2n) is 5.38. The van der Waals surface area contributed by atoms with Crippen molar-refractivity contribution in [3.05, 3.63) is 0 Å². The van der Waals surface area contributed by atoms with Crippen molar-refractivity contribution in [3.8, 4) is 0 Å². The molecular weight excluding hydrogens is 304 g/mol. The molecule has 0 amide bonds. The van der Waals surface area contributed by atoms with E-state index in [9.17, 15) is 8.42 Å². The van der Waals surface area contributed by atoms with Crippen molar-refractivity contribution >= 4 is 26.1 Å². The zero-order chi connectivity index (χ0) is 13.3. The van der Waals surface area contributed by atoms with Gasteiger partial charge >= 0.3 is 0 Å². The van der Waals surface area contributed by atoms with Crippen molar-refractivity contribution in [1.82, 2.24) is 8.61 Å². The van der Waals surface area contributed by atoms with E-state index < -0.39 is 15.7 Å². The molecule has 0 N–H and O–H groups in total. The Kier molecular flexibility index (Phi) is 5.03. The minimum atomic E-state index is -3.34. The van der Waals surface area contributed by atoms with E-state index in [1.807, 2.05) is 20.8 Å². The number of piperidine rings is 1. The summed E-state index contributed by atoms with van der Waals surface area (Å²) in [6.45, 7) is 6.49. The Bertz CT molecular complexity index is 348. The summed E-state index contributed by atoms with van der Waals surface area (Å²) in [5.41, 5.74) is -0.407. The molecule has 0 aromatic heterocycles. The maximum absolute atomic E-state index is 12.5. The second-order valence-corrected chi connectivity index (χ2v) is 7.85. The number of alkyl halides is 1. The van der Waals surface area contributed by atoms with E-state index in [0.29, 0.717) is 11.9 Å². The highest BCUT2D eigenvalue weighted by Crippen LogP contribution is 2.26. The second kappa shape index (κ2) is 5.55. The maximum atomic E-state index is 12.5. The first kappa shape index (κ1) is 15.4. The van der Waals surface area contributed by atoms with E-state index in [1.165, 1.54) is 4.31 Å². The van der Waals surface area contributed by atoms with Gasteiger partial charge in [-0.3, -0.25) is 0 Å². The highest BCUT2D eigenvalue weighted by atomic mass is 79.9. The molecular formula is C11H23BrN2O2S. The topological polar surface area (TPSA) is 40.6 Å². The van der Waals surface area contributed by atoms with Gasteiger partial charge in [0.1, 0.15) is 0 Å². The molecule has 0 aliphatic carbocycles. The zero-order valence-electron chi connectivity index (χ0n) is 11.1. The first-order chi connectivity index (χ1) is 7.73. The van der Waals surface area contributed by atoms with E-state index >= 15 is 0 Å². The van der Waals surface area contributed by atoms with Crippen LogP contribution in [0.25, 0.3) is 0 Å². The summed E-state index contributed by atoms with van der Waals surface area (Å²) in [5.74, 6) is 0. The Hall–Kier alpha value is 0.350. The summed E-state index contributed by atoms with van der Waals surface area (Å²) >= 11 is 3.38. The Balaban J connectivity index is 2.94. The smallest absolute Gasteiger partial charge is 0.195 e. The van der Waals surface area contributed by atoms with Crippen molar-refractivity contribution in [2.24, 2.45) is 0 Å². The van der Waals surface area contributed by atoms with Crippen molar-refractivity contribution in [2.45, 2.75) is 51.6 Å². The van der Waals surface area contributed by atoms with Crippen LogP contribution in [-0.2, 0) is 10.2 Å². The summed E-state index contributed by atoms with van der Waals surface area (Å²) in [6, 6.07) is 0.113. The lowest BCUT2D eigenvalue weighted by Crippen LogP contribution is -2.55. The van der Waals surface area contributed by atoms with E-state index in [2.05, 4.69) is 15.9 Å². The van der Waals surface area contributed by atoms with Gasteiger partial charge in [-0.1, -0.05) is 22.4 Å². The molecule has 1 fully saturated rings. The third-order valence-electron chi connectivity index (χ3n) is 3.56. The van der Waals surface area contributed by atoms with Crippen LogP contribution in [0.5, 0.6) is 0 Å². The molecule has 4 nitrogen and oxygen atoms in total. The van der Waals surface area contributed by atoms with Crippen LogP contribution >= 0.6 is 15.9 Å². The Morgan fingerprint density at radius 1 is 1.41 bits per heavy atom. The number of halogens is 1. The highest BCUT2D eigenvalue weighted by molar-refractivity contribution is 9.09. The molecule has 0 spiro atoms. The Labute approximate surface area is 114 Å². The van der Waals surface area contributed by atoms with Gasteiger partial charge in [0.25, 0.3) is 10.2 Å². The molecule has 1 rings (SSSR count). The molecule has 1 heterocycles. The van der Waals surface area contributed by atoms with Gasteiger partial charge in [-0.15, -0.1) is 0 Å². The summed E-state index contributed by atoms with van der Waals surface area (Å²) in [6.07, 6.45) is 3.05. The molecule has 0 saturated carbocycles. The van der Waals surface area contributed by atoms with Crippen LogP contribution in [0.3, 0.4) is 0 Å². The molecule has 1 saturated heterocycles. The summed E-state index contributed by atoms with van der Waals surface area (Å²) in [7, 11) is -1.68. The van der Waals surface area contributed by atoms with E-state index in [0.717, 1.165) is 19.3 Å². The molecule has 0 radical (unpaired) electrons. The van der Waals surface area contributed by atoms with Gasteiger partial charge in [0.15, 0.2) is 0 Å². The van der Waals surface area contributed by atoms with Gasteiger partial charge in [0, 0.05) is 30.5 Å². The lowest BCUT2D eigenvalue weighted by atomic mass is 10.1. The number of hydrogen-bond donors (Lipinski definition) is 0. The van der Waals surface area contributed by atoms with Crippen LogP contribution in [-0.4, -0.2) is 47.5 Å². The Morgan fingerprint density at radius 3 is 2.47 bits per heavy atom. The lowest BCUT2D eigenvalue weighted by molar-refractivity contribution is 0.220. The molecule has 0 bridgehead atoms. The number of nitrogens with zero attached hydrogens (tertiary/aromatic N) is 2. The minimum absolute atomic E-state index is 0.113. The predicted octanol–water partition coefficient (Wildman–Crippen LogP) is 2.21. The molecule has 1 aliphatic rings. The maximum Gasteiger partial charge on any atom is 0.282 e. The standard InChI is InChI=1S/C11H23BrN2O2S/c1-10-7-5-6-8-14(10)17(15,16)13(4)11(2,3)9-12/h10H,5-9H2,1-4H3. The van der Waals surface area contributed by atoms with Crippen molar-refractivity contribution in [1.29, 1.82) is 0 Å². The van der Waals surface area contributed by atoms with Gasteiger partial charge in [0.05, 0.1) is 0 Å². The molecule has 0 aromatic carbocycles. The molecule has 6 heteroatoms. The number of rotatable bonds is 4. The summed E-state index contributed by atoms with van der Waals surface area (Å²) in [4.78, 5) is 0. The van der Waals surface area contributed by atoms with Gasteiger partial charge in [0.2, 0.25) is 0 Å². The summed E-state index contributed by atoms with van der Waals surface area (Å²) < 4.78 is 28.2. The number of hydrogen-bond acceptors (Lipinski definition) is 2. The van der Waals surface area contributed by atoms with Crippen LogP contribution in [0.15, 0.2) is 0 Å². The van der Waals surface area contributed by atoms with Crippen molar-refractivity contribution in [3.63, 3.8) is 0 Å². The average molecular weight is 327 g/mol. The molecule has 17 heavy (non-hydrogen) atoms. The molecule has 1 aliphatic heterocycles. The Morgan fingerprint density at radius 2 is 2.00 bits per heavy atom. The van der Waals surface area contributed by atoms with Crippen molar-refractivity contribution in [2.75, 3.05) is 18.9 Å². The molecule has 1 atom stereocenters. The monoisotopic (exact) mass is 326 g/mol. The van der Waals surface area contributed by atoms with Crippen LogP contribution < -0.4 is 0 Å². The first-order valence-corrected chi connectivity index (χ1v) is 8.57. The summed E-state index contributed by atoms with van der Waals surface area (Å²) in [5, 5.41) is 0.623. The van der Waals surface area contributed by atoms with E-state index in [1.54, 1.807) is 11.4 Å². The third-order valence-corrected chi connectivity index (χ3v) is 7.26. The van der Waals surface area contributed by atoms with Gasteiger partial charge in [-0.2, -0.15) is 17.0 Å². The van der Waals surface area contributed by atoms with Gasteiger partial charge in [-0.05, 0) is 33.6 Å². The van der Waals surface area contributed by atoms with Gasteiger partial charge in [-0.25, -0.2) is 0 Å². The average Bonchev–Trinajstić information content (AvgIpc) is 2.28. The third kappa shape index (κ3) is 3.22. The molecule has 0 aromatic rings. The minimum Gasteiger partial charge on any atom is -0.195 e. The van der Waals surface area contributed by atoms with E-state index in [4.69, 9.17) is 0 Å². The molecule has 1 unspecified atom stereocenters. The van der Waals surface area contributed by atoms with Crippen LogP contribution in [0.2, 0.25) is 0 Å². The fraction of sp³-hybridized carbons (Fsp3) is 1.00. The first-order valence-electron chi connectivity index (χ1n) is 6.05. The molecule has 102 valence electrons. The lowest BCUT2D eigenvalue weighted by Gasteiger charge is -2.40. The quantitative estimate of drug-likeness (QED) is 0.743. The van der Waals surface area contributed by atoms with E-state index in [-0.39, 0.29) is 6.04 Å². The SMILES string of the molecule is CC1CCCCN1S(=O)(=O)N(C)C(C)(C)CBr. The van der Waals surface area contributed by atoms with Crippen molar-refractivity contribution < 1.29 is 8.42 Å². The fourth-order valence-corrected chi connectivity index (χ4v) is 4.43. The van der Waals surface area contributed by atoms with Crippen LogP contribution in [0.4, 0.5) is 0 Å². The van der Waals surface area contributed by atoms with Crippen LogP contribution in [0.1, 0.15) is 40.0 Å². The zero-order valence-corrected chi connectivity index (χ0v) is 13.5. The van der Waals surface area contributed by atoms with Gasteiger partial charge < -0.3 is 0 Å². The fourth-order valence-electron chi connectivity index (χ4n) is 1.97. The predicted molar refractivity (Wildman–Crippen MR) is 74.6 cm³/mol. The largest absolute Gasteiger partial charge is 0.282 e. The van der Waals surface area contributed by atoms with Crippen LogP contribution in [0, 0.1) is 0 Å². The normalized spacial score (nSPS) is 24.2.